The highest BCUT2D eigenvalue weighted by Crippen LogP contribution is 2.18. The average Bonchev–Trinajstić information content (AvgIpc) is 2.53. The number of nitrogens with zero attached hydrogens (tertiary/aromatic N) is 1. The minimum atomic E-state index is -0.190. The van der Waals surface area contributed by atoms with Crippen molar-refractivity contribution in [2.75, 3.05) is 6.61 Å². The predicted octanol–water partition coefficient (Wildman–Crippen LogP) is 4.13. The van der Waals surface area contributed by atoms with E-state index in [0.717, 1.165) is 12.8 Å². The van der Waals surface area contributed by atoms with Crippen LogP contribution in [0.25, 0.3) is 0 Å². The Morgan fingerprint density at radius 1 is 1.22 bits per heavy atom. The largest absolute Gasteiger partial charge is 0.445 e. The van der Waals surface area contributed by atoms with Crippen LogP contribution in [0.1, 0.15) is 59.8 Å². The standard InChI is InChI=1S/C15H27NO2/c1-12(2)16(13(3)4)15(17)18-11-14-9-7-5-6-8-10-14/h9,12-13H,5-8,10-11H2,1-4H3. The van der Waals surface area contributed by atoms with Crippen molar-refractivity contribution in [3.05, 3.63) is 11.6 Å². The van der Waals surface area contributed by atoms with Crippen LogP contribution in [0, 0.1) is 0 Å². The van der Waals surface area contributed by atoms with Crippen molar-refractivity contribution < 1.29 is 9.53 Å². The smallest absolute Gasteiger partial charge is 0.410 e. The summed E-state index contributed by atoms with van der Waals surface area (Å²) in [4.78, 5) is 13.8. The summed E-state index contributed by atoms with van der Waals surface area (Å²) < 4.78 is 5.44. The number of carbonyl (C=O) groups excluding carboxylic acids is 1. The van der Waals surface area contributed by atoms with Gasteiger partial charge in [-0.3, -0.25) is 0 Å². The maximum Gasteiger partial charge on any atom is 0.410 e. The molecule has 0 aromatic rings. The lowest BCUT2D eigenvalue weighted by molar-refractivity contribution is 0.0852. The molecule has 0 atom stereocenters. The lowest BCUT2D eigenvalue weighted by Gasteiger charge is -2.29. The summed E-state index contributed by atoms with van der Waals surface area (Å²) in [6, 6.07) is 0.362. The number of hydrogen-bond donors (Lipinski definition) is 0. The molecule has 0 unspecified atom stereocenters. The number of ether oxygens (including phenoxy) is 1. The normalized spacial score (nSPS) is 16.4. The van der Waals surface area contributed by atoms with Gasteiger partial charge in [-0.1, -0.05) is 12.5 Å². The third-order valence-electron chi connectivity index (χ3n) is 3.34. The summed E-state index contributed by atoms with van der Waals surface area (Å²) in [6.07, 6.45) is 8.04. The van der Waals surface area contributed by atoms with E-state index in [1.54, 1.807) is 4.90 Å². The van der Waals surface area contributed by atoms with Gasteiger partial charge in [0.2, 0.25) is 0 Å². The van der Waals surface area contributed by atoms with Gasteiger partial charge >= 0.3 is 6.09 Å². The zero-order valence-electron chi connectivity index (χ0n) is 12.2. The molecule has 0 bridgehead atoms. The summed E-state index contributed by atoms with van der Waals surface area (Å²) in [5.41, 5.74) is 1.29. The molecule has 0 heterocycles. The van der Waals surface area contributed by atoms with Crippen LogP contribution in [0.4, 0.5) is 4.79 Å². The van der Waals surface area contributed by atoms with E-state index in [4.69, 9.17) is 4.74 Å². The van der Waals surface area contributed by atoms with Gasteiger partial charge in [0.05, 0.1) is 0 Å². The maximum absolute atomic E-state index is 12.0. The van der Waals surface area contributed by atoms with Gasteiger partial charge in [-0.2, -0.15) is 0 Å². The highest BCUT2D eigenvalue weighted by molar-refractivity contribution is 5.68. The van der Waals surface area contributed by atoms with E-state index >= 15 is 0 Å². The van der Waals surface area contributed by atoms with Crippen LogP contribution >= 0.6 is 0 Å². The van der Waals surface area contributed by atoms with E-state index in [0.29, 0.717) is 6.61 Å². The Balaban J connectivity index is 2.46. The zero-order chi connectivity index (χ0) is 13.5. The molecule has 0 aromatic carbocycles. The lowest BCUT2D eigenvalue weighted by Crippen LogP contribution is -2.42. The molecule has 0 aliphatic heterocycles. The minimum absolute atomic E-state index is 0.181. The Morgan fingerprint density at radius 2 is 1.89 bits per heavy atom. The highest BCUT2D eigenvalue weighted by atomic mass is 16.6. The SMILES string of the molecule is CC(C)N(C(=O)OCC1=CCCCCC1)C(C)C. The second-order valence-electron chi connectivity index (χ2n) is 5.61. The van der Waals surface area contributed by atoms with Crippen molar-refractivity contribution in [3.63, 3.8) is 0 Å². The van der Waals surface area contributed by atoms with Crippen molar-refractivity contribution in [1.29, 1.82) is 0 Å². The second-order valence-corrected chi connectivity index (χ2v) is 5.61. The van der Waals surface area contributed by atoms with Gasteiger partial charge in [-0.15, -0.1) is 0 Å². The molecule has 1 aliphatic carbocycles. The van der Waals surface area contributed by atoms with Crippen LogP contribution in [-0.2, 0) is 4.74 Å². The van der Waals surface area contributed by atoms with Crippen LogP contribution in [0.5, 0.6) is 0 Å². The first-order valence-corrected chi connectivity index (χ1v) is 7.15. The molecule has 0 saturated heterocycles. The Morgan fingerprint density at radius 3 is 2.50 bits per heavy atom. The Hall–Kier alpha value is -0.990. The average molecular weight is 253 g/mol. The Labute approximate surface area is 111 Å². The van der Waals surface area contributed by atoms with E-state index in [9.17, 15) is 4.79 Å². The first-order valence-electron chi connectivity index (χ1n) is 7.15. The number of hydrogen-bond acceptors (Lipinski definition) is 2. The molecule has 0 N–H and O–H groups in total. The van der Waals surface area contributed by atoms with Crippen molar-refractivity contribution in [3.8, 4) is 0 Å². The van der Waals surface area contributed by atoms with Crippen LogP contribution in [-0.4, -0.2) is 29.7 Å². The Kier molecular flexibility index (Phi) is 6.23. The van der Waals surface area contributed by atoms with Crippen LogP contribution in [0.15, 0.2) is 11.6 Å². The van der Waals surface area contributed by atoms with E-state index in [1.807, 2.05) is 27.7 Å². The minimum Gasteiger partial charge on any atom is -0.445 e. The van der Waals surface area contributed by atoms with Crippen molar-refractivity contribution in [1.82, 2.24) is 4.90 Å². The maximum atomic E-state index is 12.0. The van der Waals surface area contributed by atoms with Gasteiger partial charge in [0.15, 0.2) is 0 Å². The van der Waals surface area contributed by atoms with E-state index in [2.05, 4.69) is 6.08 Å². The molecule has 3 nitrogen and oxygen atoms in total. The number of rotatable bonds is 4. The topological polar surface area (TPSA) is 29.5 Å². The monoisotopic (exact) mass is 253 g/mol. The molecule has 0 radical (unpaired) electrons. The zero-order valence-corrected chi connectivity index (χ0v) is 12.2. The molecular formula is C15H27NO2. The van der Waals surface area contributed by atoms with Gasteiger partial charge in [0, 0.05) is 12.1 Å². The quantitative estimate of drug-likeness (QED) is 0.705. The van der Waals surface area contributed by atoms with Crippen LogP contribution < -0.4 is 0 Å². The Bertz CT molecular complexity index is 287. The van der Waals surface area contributed by atoms with Crippen molar-refractivity contribution in [2.24, 2.45) is 0 Å². The summed E-state index contributed by atoms with van der Waals surface area (Å²) in [7, 11) is 0. The van der Waals surface area contributed by atoms with Crippen molar-refractivity contribution in [2.45, 2.75) is 71.9 Å². The number of carbonyl (C=O) groups is 1. The highest BCUT2D eigenvalue weighted by Gasteiger charge is 2.21. The molecule has 1 aliphatic rings. The van der Waals surface area contributed by atoms with E-state index < -0.39 is 0 Å². The molecule has 3 heteroatoms. The van der Waals surface area contributed by atoms with Gasteiger partial charge < -0.3 is 9.64 Å². The van der Waals surface area contributed by atoms with Crippen LogP contribution in [0.2, 0.25) is 0 Å². The molecule has 1 rings (SSSR count). The predicted molar refractivity (Wildman–Crippen MR) is 74.6 cm³/mol. The van der Waals surface area contributed by atoms with Crippen LogP contribution in [0.3, 0.4) is 0 Å². The number of amides is 1. The first-order chi connectivity index (χ1) is 8.52. The fourth-order valence-electron chi connectivity index (χ4n) is 2.46. The molecular weight excluding hydrogens is 226 g/mol. The molecule has 18 heavy (non-hydrogen) atoms. The number of allylic oxidation sites excluding steroid dienone is 1. The third-order valence-corrected chi connectivity index (χ3v) is 3.34. The molecule has 104 valence electrons. The summed E-state index contributed by atoms with van der Waals surface area (Å²) in [6.45, 7) is 8.55. The van der Waals surface area contributed by atoms with Gasteiger partial charge in [0.1, 0.15) is 6.61 Å². The fraction of sp³-hybridized carbons (Fsp3) is 0.800. The molecule has 0 fully saturated rings. The molecule has 0 spiro atoms. The van der Waals surface area contributed by atoms with E-state index in [-0.39, 0.29) is 18.2 Å². The van der Waals surface area contributed by atoms with Gasteiger partial charge in [-0.25, -0.2) is 4.79 Å². The lowest BCUT2D eigenvalue weighted by atomic mass is 10.1. The van der Waals surface area contributed by atoms with Gasteiger partial charge in [-0.05, 0) is 59.0 Å². The molecule has 0 saturated carbocycles. The summed E-state index contributed by atoms with van der Waals surface area (Å²) in [5, 5.41) is 0. The third kappa shape index (κ3) is 4.71. The van der Waals surface area contributed by atoms with E-state index in [1.165, 1.54) is 24.8 Å². The first kappa shape index (κ1) is 15.1. The van der Waals surface area contributed by atoms with Gasteiger partial charge in [0.25, 0.3) is 0 Å². The fourth-order valence-corrected chi connectivity index (χ4v) is 2.46. The van der Waals surface area contributed by atoms with Crippen molar-refractivity contribution >= 4 is 6.09 Å². The summed E-state index contributed by atoms with van der Waals surface area (Å²) >= 11 is 0. The molecule has 0 aromatic heterocycles. The summed E-state index contributed by atoms with van der Waals surface area (Å²) in [5.74, 6) is 0. The molecule has 1 amide bonds. The second kappa shape index (κ2) is 7.45.